The first-order chi connectivity index (χ1) is 12.3. The zero-order chi connectivity index (χ0) is 19.1. The van der Waals surface area contributed by atoms with Crippen LogP contribution in [0.5, 0.6) is 0 Å². The third kappa shape index (κ3) is 6.46. The van der Waals surface area contributed by atoms with Gasteiger partial charge in [-0.05, 0) is 49.0 Å². The van der Waals surface area contributed by atoms with Gasteiger partial charge in [-0.25, -0.2) is 4.39 Å². The molecule has 0 aliphatic heterocycles. The maximum absolute atomic E-state index is 12.9. The molecule has 26 heavy (non-hydrogen) atoms. The highest BCUT2D eigenvalue weighted by atomic mass is 35.5. The Labute approximate surface area is 157 Å². The van der Waals surface area contributed by atoms with Crippen LogP contribution in [0.3, 0.4) is 0 Å². The number of halogens is 2. The molecule has 0 fully saturated rings. The molecule has 0 unspecified atom stereocenters. The van der Waals surface area contributed by atoms with Crippen molar-refractivity contribution in [3.8, 4) is 0 Å². The van der Waals surface area contributed by atoms with Gasteiger partial charge in [0, 0.05) is 24.3 Å². The topological polar surface area (TPSA) is 52.7 Å². The molecule has 0 spiro atoms. The smallest absolute Gasteiger partial charge is 0.238 e. The molecular formula is C19H21ClFN3O2. The van der Waals surface area contributed by atoms with Crippen molar-refractivity contribution >= 4 is 29.1 Å². The van der Waals surface area contributed by atoms with Crippen LogP contribution < -0.4 is 5.32 Å². The minimum absolute atomic E-state index is 0.0535. The zero-order valence-electron chi connectivity index (χ0n) is 14.7. The number of hydrogen-bond donors (Lipinski definition) is 1. The summed E-state index contributed by atoms with van der Waals surface area (Å²) in [5.74, 6) is -0.737. The lowest BCUT2D eigenvalue weighted by molar-refractivity contribution is -0.131. The van der Waals surface area contributed by atoms with Crippen LogP contribution in [0, 0.1) is 5.82 Å². The van der Waals surface area contributed by atoms with Crippen LogP contribution in [0.15, 0.2) is 48.5 Å². The van der Waals surface area contributed by atoms with Gasteiger partial charge in [0.25, 0.3) is 0 Å². The molecule has 138 valence electrons. The fourth-order valence-electron chi connectivity index (χ4n) is 2.34. The summed E-state index contributed by atoms with van der Waals surface area (Å²) >= 11 is 5.85. The van der Waals surface area contributed by atoms with Crippen LogP contribution in [0.1, 0.15) is 5.56 Å². The van der Waals surface area contributed by atoms with Crippen LogP contribution in [-0.4, -0.2) is 48.8 Å². The number of amides is 2. The second-order valence-corrected chi connectivity index (χ2v) is 6.54. The monoisotopic (exact) mass is 377 g/mol. The molecule has 0 bridgehead atoms. The Morgan fingerprint density at radius 3 is 2.23 bits per heavy atom. The molecule has 0 aromatic heterocycles. The number of rotatable bonds is 7. The Morgan fingerprint density at radius 1 is 1.00 bits per heavy atom. The molecule has 5 nitrogen and oxygen atoms in total. The predicted molar refractivity (Wildman–Crippen MR) is 100 cm³/mol. The Morgan fingerprint density at radius 2 is 1.62 bits per heavy atom. The number of benzene rings is 2. The van der Waals surface area contributed by atoms with Gasteiger partial charge in [0.2, 0.25) is 11.8 Å². The Kier molecular flexibility index (Phi) is 7.12. The summed E-state index contributed by atoms with van der Waals surface area (Å²) in [6, 6.07) is 12.8. The van der Waals surface area contributed by atoms with E-state index in [1.807, 2.05) is 12.1 Å². The molecule has 2 aromatic rings. The summed E-state index contributed by atoms with van der Waals surface area (Å²) in [6.07, 6.45) is 0. The average molecular weight is 378 g/mol. The van der Waals surface area contributed by atoms with Crippen molar-refractivity contribution in [2.24, 2.45) is 0 Å². The van der Waals surface area contributed by atoms with Crippen molar-refractivity contribution in [1.29, 1.82) is 0 Å². The van der Waals surface area contributed by atoms with Crippen LogP contribution in [0.4, 0.5) is 10.1 Å². The molecule has 0 radical (unpaired) electrons. The molecule has 0 aliphatic carbocycles. The SMILES string of the molecule is CN(CC(=O)Nc1ccc(F)cc1)CC(=O)N(C)Cc1ccc(Cl)cc1. The second-order valence-electron chi connectivity index (χ2n) is 6.10. The summed E-state index contributed by atoms with van der Waals surface area (Å²) in [5, 5.41) is 3.31. The van der Waals surface area contributed by atoms with E-state index in [1.54, 1.807) is 36.0 Å². The first kappa shape index (κ1) is 19.9. The summed E-state index contributed by atoms with van der Waals surface area (Å²) in [5.41, 5.74) is 1.48. The molecule has 2 aromatic carbocycles. The number of nitrogens with zero attached hydrogens (tertiary/aromatic N) is 2. The average Bonchev–Trinajstić information content (AvgIpc) is 2.58. The Balaban J connectivity index is 1.79. The van der Waals surface area contributed by atoms with Gasteiger partial charge in [0.15, 0.2) is 0 Å². The van der Waals surface area contributed by atoms with Gasteiger partial charge in [0.1, 0.15) is 5.82 Å². The Hall–Kier alpha value is -2.44. The van der Waals surface area contributed by atoms with Crippen molar-refractivity contribution in [3.63, 3.8) is 0 Å². The fraction of sp³-hybridized carbons (Fsp3) is 0.263. The van der Waals surface area contributed by atoms with Gasteiger partial charge < -0.3 is 10.2 Å². The van der Waals surface area contributed by atoms with Crippen LogP contribution in [-0.2, 0) is 16.1 Å². The summed E-state index contributed by atoms with van der Waals surface area (Å²) < 4.78 is 12.9. The summed E-state index contributed by atoms with van der Waals surface area (Å²) in [6.45, 7) is 0.629. The van der Waals surface area contributed by atoms with E-state index in [9.17, 15) is 14.0 Å². The quantitative estimate of drug-likeness (QED) is 0.807. The number of nitrogens with one attached hydrogen (secondary N) is 1. The van der Waals surface area contributed by atoms with E-state index in [0.29, 0.717) is 17.3 Å². The lowest BCUT2D eigenvalue weighted by Crippen LogP contribution is -2.39. The molecular weight excluding hydrogens is 357 g/mol. The van der Waals surface area contributed by atoms with E-state index < -0.39 is 0 Å². The van der Waals surface area contributed by atoms with Crippen molar-refractivity contribution in [1.82, 2.24) is 9.80 Å². The molecule has 2 amide bonds. The van der Waals surface area contributed by atoms with Crippen molar-refractivity contribution in [2.45, 2.75) is 6.54 Å². The zero-order valence-corrected chi connectivity index (χ0v) is 15.5. The van der Waals surface area contributed by atoms with Gasteiger partial charge in [-0.2, -0.15) is 0 Å². The van der Waals surface area contributed by atoms with E-state index in [4.69, 9.17) is 11.6 Å². The molecule has 0 saturated heterocycles. The van der Waals surface area contributed by atoms with E-state index in [2.05, 4.69) is 5.32 Å². The molecule has 0 saturated carbocycles. The van der Waals surface area contributed by atoms with Gasteiger partial charge in [-0.1, -0.05) is 23.7 Å². The number of hydrogen-bond acceptors (Lipinski definition) is 3. The van der Waals surface area contributed by atoms with Crippen molar-refractivity contribution < 1.29 is 14.0 Å². The molecule has 1 N–H and O–H groups in total. The molecule has 0 aliphatic rings. The Bertz CT molecular complexity index is 750. The third-order valence-electron chi connectivity index (χ3n) is 3.71. The fourth-order valence-corrected chi connectivity index (χ4v) is 2.46. The molecule has 7 heteroatoms. The third-order valence-corrected chi connectivity index (χ3v) is 3.96. The van der Waals surface area contributed by atoms with Crippen molar-refractivity contribution in [2.75, 3.05) is 32.5 Å². The van der Waals surface area contributed by atoms with Crippen molar-refractivity contribution in [3.05, 3.63) is 64.9 Å². The van der Waals surface area contributed by atoms with Crippen LogP contribution in [0.25, 0.3) is 0 Å². The highest BCUT2D eigenvalue weighted by Gasteiger charge is 2.14. The van der Waals surface area contributed by atoms with E-state index in [0.717, 1.165) is 5.56 Å². The van der Waals surface area contributed by atoms with Gasteiger partial charge in [0.05, 0.1) is 13.1 Å². The second kappa shape index (κ2) is 9.31. The molecule has 2 rings (SSSR count). The summed E-state index contributed by atoms with van der Waals surface area (Å²) in [7, 11) is 3.40. The lowest BCUT2D eigenvalue weighted by atomic mass is 10.2. The van der Waals surface area contributed by atoms with Gasteiger partial charge >= 0.3 is 0 Å². The van der Waals surface area contributed by atoms with Gasteiger partial charge in [-0.3, -0.25) is 14.5 Å². The molecule has 0 heterocycles. The number of carbonyl (C=O) groups is 2. The maximum Gasteiger partial charge on any atom is 0.238 e. The predicted octanol–water partition coefficient (Wildman–Crippen LogP) is 3.01. The number of carbonyl (C=O) groups excluding carboxylic acids is 2. The van der Waals surface area contributed by atoms with E-state index in [-0.39, 0.29) is 30.7 Å². The van der Waals surface area contributed by atoms with Crippen LogP contribution >= 0.6 is 11.6 Å². The standard InChI is InChI=1S/C19H21ClFN3O2/c1-23(12-18(25)22-17-9-7-16(21)8-10-17)13-19(26)24(2)11-14-3-5-15(20)6-4-14/h3-10H,11-13H2,1-2H3,(H,22,25). The summed E-state index contributed by atoms with van der Waals surface area (Å²) in [4.78, 5) is 27.5. The minimum Gasteiger partial charge on any atom is -0.340 e. The van der Waals surface area contributed by atoms with Crippen LogP contribution in [0.2, 0.25) is 5.02 Å². The highest BCUT2D eigenvalue weighted by Crippen LogP contribution is 2.11. The number of likely N-dealkylation sites (N-methyl/N-ethyl adjacent to an activating group) is 2. The first-order valence-electron chi connectivity index (χ1n) is 8.06. The highest BCUT2D eigenvalue weighted by molar-refractivity contribution is 6.30. The van der Waals surface area contributed by atoms with Gasteiger partial charge in [-0.15, -0.1) is 0 Å². The lowest BCUT2D eigenvalue weighted by Gasteiger charge is -2.21. The normalized spacial score (nSPS) is 10.7. The number of anilines is 1. The maximum atomic E-state index is 12.9. The first-order valence-corrected chi connectivity index (χ1v) is 8.43. The minimum atomic E-state index is -0.366. The van der Waals surface area contributed by atoms with E-state index >= 15 is 0 Å². The van der Waals surface area contributed by atoms with E-state index in [1.165, 1.54) is 24.3 Å². The largest absolute Gasteiger partial charge is 0.340 e. The molecule has 0 atom stereocenters.